The fourth-order valence-corrected chi connectivity index (χ4v) is 2.19. The average Bonchev–Trinajstić information content (AvgIpc) is 2.89. The zero-order valence-electron chi connectivity index (χ0n) is 8.74. The zero-order chi connectivity index (χ0) is 12.7. The maximum atomic E-state index is 13.6. The highest BCUT2D eigenvalue weighted by molar-refractivity contribution is 7.18. The molecule has 0 aliphatic carbocycles. The van der Waals surface area contributed by atoms with Crippen LogP contribution in [0.3, 0.4) is 0 Å². The van der Waals surface area contributed by atoms with Crippen molar-refractivity contribution in [2.24, 2.45) is 0 Å². The molecular weight excluding hydrogens is 259 g/mol. The van der Waals surface area contributed by atoms with E-state index < -0.39 is 11.8 Å². The maximum absolute atomic E-state index is 13.6. The van der Waals surface area contributed by atoms with Gasteiger partial charge in [-0.05, 0) is 12.1 Å². The molecule has 2 aromatic heterocycles. The van der Waals surface area contributed by atoms with Gasteiger partial charge in [0.05, 0.1) is 5.56 Å². The standard InChI is InChI=1S/C10H5FN4O2S/c11-6-4-2-1-3-5(6)7-12-13-10-15(7)14-8(18-10)9(16)17/h1-4H,(H,16,17). The summed E-state index contributed by atoms with van der Waals surface area (Å²) in [5.41, 5.74) is 0.229. The molecule has 0 amide bonds. The van der Waals surface area contributed by atoms with E-state index in [9.17, 15) is 9.18 Å². The largest absolute Gasteiger partial charge is 0.476 e. The number of hydrogen-bond donors (Lipinski definition) is 1. The van der Waals surface area contributed by atoms with Crippen molar-refractivity contribution in [2.75, 3.05) is 0 Å². The van der Waals surface area contributed by atoms with E-state index in [4.69, 9.17) is 5.11 Å². The Labute approximate surface area is 103 Å². The van der Waals surface area contributed by atoms with E-state index in [2.05, 4.69) is 15.3 Å². The van der Waals surface area contributed by atoms with Gasteiger partial charge in [0.1, 0.15) is 5.82 Å². The summed E-state index contributed by atoms with van der Waals surface area (Å²) in [5.74, 6) is -1.42. The number of carbonyl (C=O) groups is 1. The minimum Gasteiger partial charge on any atom is -0.476 e. The van der Waals surface area contributed by atoms with E-state index in [-0.39, 0.29) is 16.4 Å². The van der Waals surface area contributed by atoms with Crippen LogP contribution in [0.4, 0.5) is 4.39 Å². The van der Waals surface area contributed by atoms with Crippen LogP contribution in [0.2, 0.25) is 0 Å². The second-order valence-electron chi connectivity index (χ2n) is 3.41. The molecule has 0 aliphatic heterocycles. The minimum atomic E-state index is -1.15. The fraction of sp³-hybridized carbons (Fsp3) is 0. The quantitative estimate of drug-likeness (QED) is 0.761. The number of aromatic carboxylic acids is 1. The Morgan fingerprint density at radius 2 is 2.11 bits per heavy atom. The van der Waals surface area contributed by atoms with Crippen LogP contribution in [0.25, 0.3) is 16.3 Å². The second kappa shape index (κ2) is 3.84. The number of hydrogen-bond acceptors (Lipinski definition) is 5. The van der Waals surface area contributed by atoms with Crippen LogP contribution in [-0.2, 0) is 0 Å². The highest BCUT2D eigenvalue weighted by Crippen LogP contribution is 2.23. The monoisotopic (exact) mass is 264 g/mol. The molecule has 18 heavy (non-hydrogen) atoms. The first kappa shape index (κ1) is 10.8. The van der Waals surface area contributed by atoms with E-state index in [1.54, 1.807) is 12.1 Å². The molecule has 0 radical (unpaired) electrons. The van der Waals surface area contributed by atoms with Crippen molar-refractivity contribution >= 4 is 22.3 Å². The topological polar surface area (TPSA) is 80.4 Å². The highest BCUT2D eigenvalue weighted by atomic mass is 32.1. The lowest BCUT2D eigenvalue weighted by Gasteiger charge is -1.97. The van der Waals surface area contributed by atoms with Crippen molar-refractivity contribution in [2.45, 2.75) is 0 Å². The number of nitrogens with zero attached hydrogens (tertiary/aromatic N) is 4. The van der Waals surface area contributed by atoms with Gasteiger partial charge in [0, 0.05) is 0 Å². The normalized spacial score (nSPS) is 10.9. The van der Waals surface area contributed by atoms with E-state index in [1.165, 1.54) is 16.6 Å². The van der Waals surface area contributed by atoms with Crippen molar-refractivity contribution in [3.8, 4) is 11.4 Å². The van der Waals surface area contributed by atoms with Crippen LogP contribution in [0.15, 0.2) is 24.3 Å². The molecule has 0 saturated heterocycles. The van der Waals surface area contributed by atoms with E-state index in [1.807, 2.05) is 0 Å². The predicted octanol–water partition coefficient (Wildman–Crippen LogP) is 1.69. The van der Waals surface area contributed by atoms with Crippen LogP contribution in [-0.4, -0.2) is 30.9 Å². The summed E-state index contributed by atoms with van der Waals surface area (Å²) in [5, 5.41) is 20.1. The first-order valence-corrected chi connectivity index (χ1v) is 5.69. The first-order valence-electron chi connectivity index (χ1n) is 4.87. The Hall–Kier alpha value is -2.35. The molecule has 0 bridgehead atoms. The van der Waals surface area contributed by atoms with Gasteiger partial charge in [-0.2, -0.15) is 4.52 Å². The second-order valence-corrected chi connectivity index (χ2v) is 4.37. The van der Waals surface area contributed by atoms with Gasteiger partial charge < -0.3 is 5.11 Å². The summed E-state index contributed by atoms with van der Waals surface area (Å²) in [6, 6.07) is 6.04. The molecule has 0 fully saturated rings. The Bertz CT molecular complexity index is 751. The van der Waals surface area contributed by atoms with Gasteiger partial charge in [-0.15, -0.1) is 15.3 Å². The molecule has 0 spiro atoms. The van der Waals surface area contributed by atoms with E-state index >= 15 is 0 Å². The molecule has 3 aromatic rings. The number of carboxylic acid groups (broad SMARTS) is 1. The van der Waals surface area contributed by atoms with Crippen LogP contribution < -0.4 is 0 Å². The summed E-state index contributed by atoms with van der Waals surface area (Å²) in [6.07, 6.45) is 0. The molecule has 90 valence electrons. The summed E-state index contributed by atoms with van der Waals surface area (Å²) in [4.78, 5) is 11.1. The molecule has 3 rings (SSSR count). The van der Waals surface area contributed by atoms with E-state index in [0.717, 1.165) is 11.3 Å². The molecule has 0 unspecified atom stereocenters. The molecule has 0 aliphatic rings. The Kier molecular flexibility index (Phi) is 2.30. The molecule has 0 atom stereocenters. The summed E-state index contributed by atoms with van der Waals surface area (Å²) in [7, 11) is 0. The Balaban J connectivity index is 2.24. The SMILES string of the molecule is O=C(O)c1nn2c(-c3ccccc3F)nnc2s1. The van der Waals surface area contributed by atoms with Crippen molar-refractivity contribution in [3.05, 3.63) is 35.1 Å². The van der Waals surface area contributed by atoms with Gasteiger partial charge in [0.25, 0.3) is 0 Å². The highest BCUT2D eigenvalue weighted by Gasteiger charge is 2.18. The van der Waals surface area contributed by atoms with Crippen LogP contribution in [0.5, 0.6) is 0 Å². The van der Waals surface area contributed by atoms with Gasteiger partial charge in [-0.3, -0.25) is 0 Å². The molecule has 0 saturated carbocycles. The van der Waals surface area contributed by atoms with Gasteiger partial charge in [-0.1, -0.05) is 23.5 Å². The lowest BCUT2D eigenvalue weighted by atomic mass is 10.2. The Morgan fingerprint density at radius 1 is 1.33 bits per heavy atom. The third kappa shape index (κ3) is 1.54. The van der Waals surface area contributed by atoms with Crippen LogP contribution >= 0.6 is 11.3 Å². The molecule has 8 heteroatoms. The summed E-state index contributed by atoms with van der Waals surface area (Å²) >= 11 is 0.883. The van der Waals surface area contributed by atoms with Crippen LogP contribution in [0, 0.1) is 5.82 Å². The van der Waals surface area contributed by atoms with Gasteiger partial charge >= 0.3 is 5.97 Å². The lowest BCUT2D eigenvalue weighted by molar-refractivity contribution is 0.0695. The predicted molar refractivity (Wildman–Crippen MR) is 61.0 cm³/mol. The molecule has 6 nitrogen and oxygen atoms in total. The molecule has 1 N–H and O–H groups in total. The van der Waals surface area contributed by atoms with Gasteiger partial charge in [-0.25, -0.2) is 9.18 Å². The van der Waals surface area contributed by atoms with Gasteiger partial charge in [0.2, 0.25) is 9.97 Å². The number of benzene rings is 1. The van der Waals surface area contributed by atoms with Crippen molar-refractivity contribution < 1.29 is 14.3 Å². The zero-order valence-corrected chi connectivity index (χ0v) is 9.56. The smallest absolute Gasteiger partial charge is 0.367 e. The third-order valence-electron chi connectivity index (χ3n) is 2.29. The average molecular weight is 264 g/mol. The van der Waals surface area contributed by atoms with Crippen molar-refractivity contribution in [1.82, 2.24) is 19.8 Å². The summed E-state index contributed by atoms with van der Waals surface area (Å²) in [6.45, 7) is 0. The van der Waals surface area contributed by atoms with Crippen molar-refractivity contribution in [3.63, 3.8) is 0 Å². The van der Waals surface area contributed by atoms with Crippen molar-refractivity contribution in [1.29, 1.82) is 0 Å². The molecule has 1 aromatic carbocycles. The lowest BCUT2D eigenvalue weighted by Crippen LogP contribution is -1.98. The number of carboxylic acids is 1. The summed E-state index contributed by atoms with van der Waals surface area (Å²) < 4.78 is 14.9. The maximum Gasteiger partial charge on any atom is 0.367 e. The first-order chi connectivity index (χ1) is 8.66. The third-order valence-corrected chi connectivity index (χ3v) is 3.18. The van der Waals surface area contributed by atoms with Gasteiger partial charge in [0.15, 0.2) is 5.82 Å². The number of halogens is 1. The fourth-order valence-electron chi connectivity index (χ4n) is 1.51. The number of fused-ring (bicyclic) bond motifs is 1. The Morgan fingerprint density at radius 3 is 2.83 bits per heavy atom. The van der Waals surface area contributed by atoms with Crippen LogP contribution in [0.1, 0.15) is 9.80 Å². The molecular formula is C10H5FN4O2S. The van der Waals surface area contributed by atoms with E-state index in [0.29, 0.717) is 4.96 Å². The number of rotatable bonds is 2. The minimum absolute atomic E-state index is 0.113. The number of aromatic nitrogens is 4. The molecule has 2 heterocycles.